The molecule has 23 heavy (non-hydrogen) atoms. The van der Waals surface area contributed by atoms with E-state index >= 15 is 0 Å². The number of anilines is 1. The van der Waals surface area contributed by atoms with Gasteiger partial charge in [-0.25, -0.2) is 0 Å². The fourth-order valence-corrected chi connectivity index (χ4v) is 1.98. The van der Waals surface area contributed by atoms with Crippen molar-refractivity contribution in [2.45, 2.75) is 19.9 Å². The number of hydrogen-bond donors (Lipinski definition) is 3. The van der Waals surface area contributed by atoms with Crippen molar-refractivity contribution >= 4 is 17.6 Å². The van der Waals surface area contributed by atoms with Gasteiger partial charge in [-0.3, -0.25) is 9.79 Å². The molecule has 0 fully saturated rings. The van der Waals surface area contributed by atoms with Crippen molar-refractivity contribution in [3.63, 3.8) is 0 Å². The maximum Gasteiger partial charge on any atom is 0.221 e. The number of carbonyl (C=O) groups excluding carboxylic acids is 1. The fraction of sp³-hybridized carbons (Fsp3) is 0.500. The third kappa shape index (κ3) is 7.01. The number of carbonyl (C=O) groups is 1. The number of rotatable bonds is 8. The standard InChI is InChI=1S/C16H26N4O3/c1-12(21)20-14-10-13(6-7-15(14)23-4)11-19-16(17-2)18-8-5-9-22-3/h6-7,10H,5,8-9,11H2,1-4H3,(H,20,21)(H2,17,18,19). The maximum atomic E-state index is 11.3. The Morgan fingerprint density at radius 1 is 1.26 bits per heavy atom. The SMILES string of the molecule is CN=C(NCCCOC)NCc1ccc(OC)c(NC(C)=O)c1. The first-order chi connectivity index (χ1) is 11.1. The van der Waals surface area contributed by atoms with Gasteiger partial charge in [-0.15, -0.1) is 0 Å². The van der Waals surface area contributed by atoms with E-state index in [1.807, 2.05) is 18.2 Å². The number of aliphatic imine (C=N–C) groups is 1. The van der Waals surface area contributed by atoms with Gasteiger partial charge in [0.05, 0.1) is 12.8 Å². The quantitative estimate of drug-likeness (QED) is 0.382. The third-order valence-electron chi connectivity index (χ3n) is 3.08. The molecule has 7 heteroatoms. The van der Waals surface area contributed by atoms with Crippen molar-refractivity contribution in [3.05, 3.63) is 23.8 Å². The lowest BCUT2D eigenvalue weighted by Crippen LogP contribution is -2.37. The molecule has 128 valence electrons. The van der Waals surface area contributed by atoms with Crippen LogP contribution in [0.25, 0.3) is 0 Å². The van der Waals surface area contributed by atoms with Crippen LogP contribution in [-0.2, 0) is 16.1 Å². The van der Waals surface area contributed by atoms with Gasteiger partial charge >= 0.3 is 0 Å². The summed E-state index contributed by atoms with van der Waals surface area (Å²) in [6.45, 7) is 3.55. The molecular weight excluding hydrogens is 296 g/mol. The monoisotopic (exact) mass is 322 g/mol. The first-order valence-corrected chi connectivity index (χ1v) is 7.48. The highest BCUT2D eigenvalue weighted by molar-refractivity contribution is 5.90. The van der Waals surface area contributed by atoms with Gasteiger partial charge in [0.2, 0.25) is 5.91 Å². The molecular formula is C16H26N4O3. The number of amides is 1. The lowest BCUT2D eigenvalue weighted by Gasteiger charge is -2.14. The van der Waals surface area contributed by atoms with Gasteiger partial charge in [0.1, 0.15) is 5.75 Å². The van der Waals surface area contributed by atoms with Gasteiger partial charge in [0, 0.05) is 40.8 Å². The Labute approximate surface area is 137 Å². The van der Waals surface area contributed by atoms with Crippen molar-refractivity contribution in [2.24, 2.45) is 4.99 Å². The average Bonchev–Trinajstić information content (AvgIpc) is 2.54. The molecule has 0 saturated carbocycles. The minimum Gasteiger partial charge on any atom is -0.495 e. The molecule has 1 aromatic rings. The smallest absolute Gasteiger partial charge is 0.221 e. The predicted octanol–water partition coefficient (Wildman–Crippen LogP) is 1.36. The summed E-state index contributed by atoms with van der Waals surface area (Å²) in [6.07, 6.45) is 0.909. The average molecular weight is 322 g/mol. The second kappa shape index (κ2) is 10.4. The molecule has 0 bridgehead atoms. The zero-order valence-electron chi connectivity index (χ0n) is 14.2. The molecule has 0 aliphatic heterocycles. The van der Waals surface area contributed by atoms with Gasteiger partial charge in [-0.2, -0.15) is 0 Å². The number of ether oxygens (including phenoxy) is 2. The van der Waals surface area contributed by atoms with Crippen LogP contribution in [0, 0.1) is 0 Å². The fourth-order valence-electron chi connectivity index (χ4n) is 1.98. The molecule has 0 radical (unpaired) electrons. The molecule has 0 saturated heterocycles. The van der Waals surface area contributed by atoms with E-state index in [4.69, 9.17) is 9.47 Å². The molecule has 0 aliphatic rings. The maximum absolute atomic E-state index is 11.3. The van der Waals surface area contributed by atoms with E-state index in [2.05, 4.69) is 20.9 Å². The van der Waals surface area contributed by atoms with Crippen molar-refractivity contribution < 1.29 is 14.3 Å². The molecule has 7 nitrogen and oxygen atoms in total. The number of hydrogen-bond acceptors (Lipinski definition) is 4. The Balaban J connectivity index is 2.60. The Kier molecular flexibility index (Phi) is 8.52. The second-order valence-electron chi connectivity index (χ2n) is 4.91. The van der Waals surface area contributed by atoms with E-state index in [0.29, 0.717) is 24.6 Å². The molecule has 0 unspecified atom stereocenters. The molecule has 0 aliphatic carbocycles. The highest BCUT2D eigenvalue weighted by atomic mass is 16.5. The van der Waals surface area contributed by atoms with Crippen LogP contribution in [0.2, 0.25) is 0 Å². The molecule has 0 heterocycles. The summed E-state index contributed by atoms with van der Waals surface area (Å²) in [5, 5.41) is 9.20. The number of methoxy groups -OCH3 is 2. The van der Waals surface area contributed by atoms with Crippen molar-refractivity contribution in [1.29, 1.82) is 0 Å². The predicted molar refractivity (Wildman–Crippen MR) is 92.0 cm³/mol. The van der Waals surface area contributed by atoms with Crippen LogP contribution < -0.4 is 20.7 Å². The number of nitrogens with zero attached hydrogens (tertiary/aromatic N) is 1. The van der Waals surface area contributed by atoms with Crippen LogP contribution >= 0.6 is 0 Å². The highest BCUT2D eigenvalue weighted by Gasteiger charge is 2.06. The third-order valence-corrected chi connectivity index (χ3v) is 3.08. The van der Waals surface area contributed by atoms with E-state index in [0.717, 1.165) is 24.5 Å². The molecule has 1 amide bonds. The van der Waals surface area contributed by atoms with E-state index in [9.17, 15) is 4.79 Å². The van der Waals surface area contributed by atoms with Gasteiger partial charge in [-0.05, 0) is 24.1 Å². The van der Waals surface area contributed by atoms with Gasteiger partial charge < -0.3 is 25.4 Å². The summed E-state index contributed by atoms with van der Waals surface area (Å²) in [4.78, 5) is 15.4. The summed E-state index contributed by atoms with van der Waals surface area (Å²) >= 11 is 0. The summed E-state index contributed by atoms with van der Waals surface area (Å²) < 4.78 is 10.2. The summed E-state index contributed by atoms with van der Waals surface area (Å²) in [6, 6.07) is 5.65. The van der Waals surface area contributed by atoms with Gasteiger partial charge in [0.15, 0.2) is 5.96 Å². The summed E-state index contributed by atoms with van der Waals surface area (Å²) in [5.41, 5.74) is 1.66. The highest BCUT2D eigenvalue weighted by Crippen LogP contribution is 2.25. The van der Waals surface area contributed by atoms with E-state index in [-0.39, 0.29) is 5.91 Å². The zero-order valence-corrected chi connectivity index (χ0v) is 14.2. The van der Waals surface area contributed by atoms with E-state index in [1.54, 1.807) is 21.3 Å². The topological polar surface area (TPSA) is 84.0 Å². The molecule has 1 aromatic carbocycles. The van der Waals surface area contributed by atoms with Crippen molar-refractivity contribution in [2.75, 3.05) is 39.7 Å². The van der Waals surface area contributed by atoms with Crippen molar-refractivity contribution in [3.8, 4) is 5.75 Å². The van der Waals surface area contributed by atoms with Crippen LogP contribution in [0.5, 0.6) is 5.75 Å². The van der Waals surface area contributed by atoms with Gasteiger partial charge in [0.25, 0.3) is 0 Å². The molecule has 3 N–H and O–H groups in total. The van der Waals surface area contributed by atoms with E-state index in [1.165, 1.54) is 6.92 Å². The molecule has 0 spiro atoms. The minimum atomic E-state index is -0.135. The van der Waals surface area contributed by atoms with E-state index < -0.39 is 0 Å². The lowest BCUT2D eigenvalue weighted by atomic mass is 10.2. The second-order valence-corrected chi connectivity index (χ2v) is 4.91. The number of benzene rings is 1. The normalized spacial score (nSPS) is 11.0. The molecule has 1 rings (SSSR count). The zero-order chi connectivity index (χ0) is 17.1. The minimum absolute atomic E-state index is 0.135. The summed E-state index contributed by atoms with van der Waals surface area (Å²) in [7, 11) is 4.98. The molecule has 0 atom stereocenters. The lowest BCUT2D eigenvalue weighted by molar-refractivity contribution is -0.114. The largest absolute Gasteiger partial charge is 0.495 e. The van der Waals surface area contributed by atoms with Crippen LogP contribution in [0.15, 0.2) is 23.2 Å². The van der Waals surface area contributed by atoms with Crippen molar-refractivity contribution in [1.82, 2.24) is 10.6 Å². The molecule has 0 aromatic heterocycles. The Morgan fingerprint density at radius 3 is 2.65 bits per heavy atom. The van der Waals surface area contributed by atoms with Gasteiger partial charge in [-0.1, -0.05) is 6.07 Å². The van der Waals surface area contributed by atoms with Crippen LogP contribution in [0.4, 0.5) is 5.69 Å². The van der Waals surface area contributed by atoms with Crippen LogP contribution in [0.3, 0.4) is 0 Å². The Hall–Kier alpha value is -2.28. The Bertz CT molecular complexity index is 532. The summed E-state index contributed by atoms with van der Waals surface area (Å²) in [5.74, 6) is 1.22. The number of nitrogens with one attached hydrogen (secondary N) is 3. The van der Waals surface area contributed by atoms with Crippen LogP contribution in [0.1, 0.15) is 18.9 Å². The first-order valence-electron chi connectivity index (χ1n) is 7.48. The first kappa shape index (κ1) is 18.8. The number of guanidine groups is 1. The Morgan fingerprint density at radius 2 is 2.04 bits per heavy atom. The van der Waals surface area contributed by atoms with Crippen LogP contribution in [-0.4, -0.2) is 46.3 Å².